The van der Waals surface area contributed by atoms with Crippen LogP contribution in [0.2, 0.25) is 0 Å². The van der Waals surface area contributed by atoms with Crippen LogP contribution in [0.15, 0.2) is 48.5 Å². The summed E-state index contributed by atoms with van der Waals surface area (Å²) >= 11 is 0. The van der Waals surface area contributed by atoms with E-state index in [4.69, 9.17) is 0 Å². The Labute approximate surface area is 150 Å². The second-order valence-electron chi connectivity index (χ2n) is 5.82. The molecule has 0 aromatic heterocycles. The van der Waals surface area contributed by atoms with Crippen molar-refractivity contribution in [2.24, 2.45) is 0 Å². The van der Waals surface area contributed by atoms with Crippen molar-refractivity contribution in [1.82, 2.24) is 8.61 Å². The van der Waals surface area contributed by atoms with E-state index >= 15 is 0 Å². The number of carbonyl (C=O) groups is 1. The van der Waals surface area contributed by atoms with Crippen molar-refractivity contribution in [3.05, 3.63) is 65.7 Å². The van der Waals surface area contributed by atoms with Crippen molar-refractivity contribution in [1.29, 1.82) is 0 Å². The molecule has 138 valence electrons. The Morgan fingerprint density at radius 1 is 1.00 bits per heavy atom. The van der Waals surface area contributed by atoms with Gasteiger partial charge in [0.2, 0.25) is 5.91 Å². The first kappa shape index (κ1) is 18.4. The SMILES string of the molecule is O=C(CN1CCN(Cc2ccccc2F)S1(=O)=O)Nc1ccc(F)cc1. The lowest BCUT2D eigenvalue weighted by Crippen LogP contribution is -2.37. The van der Waals surface area contributed by atoms with Crippen LogP contribution in [-0.2, 0) is 21.5 Å². The molecule has 1 heterocycles. The van der Waals surface area contributed by atoms with Crippen molar-refractivity contribution >= 4 is 21.8 Å². The van der Waals surface area contributed by atoms with Crippen LogP contribution in [0, 0.1) is 11.6 Å². The largest absolute Gasteiger partial charge is 0.325 e. The van der Waals surface area contributed by atoms with E-state index < -0.39 is 27.8 Å². The molecule has 2 aromatic carbocycles. The molecular weight excluding hydrogens is 364 g/mol. The summed E-state index contributed by atoms with van der Waals surface area (Å²) < 4.78 is 53.9. The number of hydrogen-bond donors (Lipinski definition) is 1. The Kier molecular flexibility index (Phi) is 5.30. The number of nitrogens with one attached hydrogen (secondary N) is 1. The summed E-state index contributed by atoms with van der Waals surface area (Å²) in [6.07, 6.45) is 0. The maximum atomic E-state index is 13.7. The summed E-state index contributed by atoms with van der Waals surface area (Å²) in [5, 5.41) is 2.52. The summed E-state index contributed by atoms with van der Waals surface area (Å²) in [5.41, 5.74) is 0.643. The maximum Gasteiger partial charge on any atom is 0.282 e. The third-order valence-corrected chi connectivity index (χ3v) is 5.93. The van der Waals surface area contributed by atoms with Crippen LogP contribution in [0.1, 0.15) is 5.56 Å². The average Bonchev–Trinajstić information content (AvgIpc) is 2.86. The highest BCUT2D eigenvalue weighted by Crippen LogP contribution is 2.21. The van der Waals surface area contributed by atoms with E-state index in [1.165, 1.54) is 42.5 Å². The van der Waals surface area contributed by atoms with E-state index in [2.05, 4.69) is 5.32 Å². The van der Waals surface area contributed by atoms with Gasteiger partial charge in [-0.2, -0.15) is 17.0 Å². The number of amides is 1. The van der Waals surface area contributed by atoms with Gasteiger partial charge < -0.3 is 5.32 Å². The Morgan fingerprint density at radius 3 is 2.35 bits per heavy atom. The number of anilines is 1. The van der Waals surface area contributed by atoms with Crippen LogP contribution in [-0.4, -0.2) is 42.6 Å². The van der Waals surface area contributed by atoms with Crippen LogP contribution >= 0.6 is 0 Å². The molecule has 0 bridgehead atoms. The summed E-state index contributed by atoms with van der Waals surface area (Å²) in [7, 11) is -3.86. The third-order valence-electron chi connectivity index (χ3n) is 4.00. The zero-order valence-corrected chi connectivity index (χ0v) is 14.5. The smallest absolute Gasteiger partial charge is 0.282 e. The van der Waals surface area contributed by atoms with E-state index in [0.29, 0.717) is 5.69 Å². The van der Waals surface area contributed by atoms with Gasteiger partial charge in [0.05, 0.1) is 6.54 Å². The van der Waals surface area contributed by atoms with Crippen molar-refractivity contribution < 1.29 is 22.0 Å². The fraction of sp³-hybridized carbons (Fsp3) is 0.235. The Hall–Kier alpha value is -2.36. The molecule has 1 aliphatic rings. The standard InChI is InChI=1S/C17H17F2N3O3S/c18-14-5-7-15(8-6-14)20-17(23)12-22-10-9-21(26(22,24)25)11-13-3-1-2-4-16(13)19/h1-8H,9-12H2,(H,20,23). The van der Waals surface area contributed by atoms with Gasteiger partial charge in [-0.1, -0.05) is 18.2 Å². The van der Waals surface area contributed by atoms with E-state index in [1.54, 1.807) is 6.07 Å². The molecule has 2 aromatic rings. The fourth-order valence-electron chi connectivity index (χ4n) is 2.65. The van der Waals surface area contributed by atoms with E-state index in [9.17, 15) is 22.0 Å². The van der Waals surface area contributed by atoms with Crippen LogP contribution < -0.4 is 5.32 Å². The lowest BCUT2D eigenvalue weighted by Gasteiger charge is -2.18. The molecule has 6 nitrogen and oxygen atoms in total. The first-order chi connectivity index (χ1) is 12.4. The molecule has 1 fully saturated rings. The van der Waals surface area contributed by atoms with Crippen molar-refractivity contribution in [2.45, 2.75) is 6.54 Å². The first-order valence-electron chi connectivity index (χ1n) is 7.90. The molecular formula is C17H17F2N3O3S. The Bertz CT molecular complexity index is 904. The topological polar surface area (TPSA) is 69.7 Å². The van der Waals surface area contributed by atoms with Crippen LogP contribution in [0.4, 0.5) is 14.5 Å². The summed E-state index contributed by atoms with van der Waals surface area (Å²) in [6.45, 7) is -0.160. The normalized spacial score (nSPS) is 17.3. The van der Waals surface area contributed by atoms with Gasteiger partial charge in [0.15, 0.2) is 0 Å². The van der Waals surface area contributed by atoms with Crippen LogP contribution in [0.25, 0.3) is 0 Å². The second kappa shape index (κ2) is 7.48. The third kappa shape index (κ3) is 4.06. The highest BCUT2D eigenvalue weighted by Gasteiger charge is 2.37. The molecule has 0 aliphatic carbocycles. The van der Waals surface area contributed by atoms with Crippen molar-refractivity contribution in [2.75, 3.05) is 25.0 Å². The van der Waals surface area contributed by atoms with Gasteiger partial charge in [-0.15, -0.1) is 0 Å². The van der Waals surface area contributed by atoms with Gasteiger partial charge >= 0.3 is 0 Å². The molecule has 9 heteroatoms. The average molecular weight is 381 g/mol. The number of benzene rings is 2. The zero-order valence-electron chi connectivity index (χ0n) is 13.7. The summed E-state index contributed by atoms with van der Waals surface area (Å²) in [6, 6.07) is 11.1. The number of hydrogen-bond acceptors (Lipinski definition) is 3. The molecule has 1 saturated heterocycles. The molecule has 26 heavy (non-hydrogen) atoms. The zero-order chi connectivity index (χ0) is 18.7. The molecule has 3 rings (SSSR count). The Balaban J connectivity index is 1.63. The molecule has 0 spiro atoms. The van der Waals surface area contributed by atoms with Gasteiger partial charge in [-0.3, -0.25) is 4.79 Å². The van der Waals surface area contributed by atoms with Gasteiger partial charge in [0.1, 0.15) is 11.6 Å². The van der Waals surface area contributed by atoms with E-state index in [1.807, 2.05) is 0 Å². The van der Waals surface area contributed by atoms with Crippen molar-refractivity contribution in [3.63, 3.8) is 0 Å². The molecule has 0 unspecified atom stereocenters. The second-order valence-corrected chi connectivity index (χ2v) is 7.75. The van der Waals surface area contributed by atoms with Gasteiger partial charge in [-0.25, -0.2) is 8.78 Å². The molecule has 0 radical (unpaired) electrons. The number of halogens is 2. The molecule has 1 N–H and O–H groups in total. The first-order valence-corrected chi connectivity index (χ1v) is 9.30. The van der Waals surface area contributed by atoms with Gasteiger partial charge in [0, 0.05) is 30.9 Å². The lowest BCUT2D eigenvalue weighted by molar-refractivity contribution is -0.116. The number of rotatable bonds is 5. The maximum absolute atomic E-state index is 13.7. The fourth-order valence-corrected chi connectivity index (χ4v) is 4.18. The lowest BCUT2D eigenvalue weighted by atomic mass is 10.2. The highest BCUT2D eigenvalue weighted by atomic mass is 32.2. The molecule has 1 aliphatic heterocycles. The summed E-state index contributed by atoms with van der Waals surface area (Å²) in [4.78, 5) is 12.1. The van der Waals surface area contributed by atoms with Crippen LogP contribution in [0.5, 0.6) is 0 Å². The van der Waals surface area contributed by atoms with Crippen molar-refractivity contribution in [3.8, 4) is 0 Å². The predicted octanol–water partition coefficient (Wildman–Crippen LogP) is 1.97. The minimum Gasteiger partial charge on any atom is -0.325 e. The minimum atomic E-state index is -3.86. The van der Waals surface area contributed by atoms with Gasteiger partial charge in [0.25, 0.3) is 10.2 Å². The van der Waals surface area contributed by atoms with E-state index in [-0.39, 0.29) is 31.7 Å². The quantitative estimate of drug-likeness (QED) is 0.861. The minimum absolute atomic E-state index is 0.0922. The highest BCUT2D eigenvalue weighted by molar-refractivity contribution is 7.87. The predicted molar refractivity (Wildman–Crippen MR) is 92.3 cm³/mol. The Morgan fingerprint density at radius 2 is 1.65 bits per heavy atom. The molecule has 1 amide bonds. The van der Waals surface area contributed by atoms with E-state index in [0.717, 1.165) is 8.61 Å². The van der Waals surface area contributed by atoms with Gasteiger partial charge in [-0.05, 0) is 30.3 Å². The summed E-state index contributed by atoms with van der Waals surface area (Å²) in [5.74, 6) is -1.45. The number of carbonyl (C=O) groups excluding carboxylic acids is 1. The number of nitrogens with zero attached hydrogens (tertiary/aromatic N) is 2. The molecule has 0 atom stereocenters. The van der Waals surface area contributed by atoms with Crippen LogP contribution in [0.3, 0.4) is 0 Å². The molecule has 0 saturated carbocycles. The monoisotopic (exact) mass is 381 g/mol.